The SMILES string of the molecule is O=C(O)CC1(CS(=O)CCOCC(F)(F)F)CC1. The van der Waals surface area contributed by atoms with E-state index in [4.69, 9.17) is 5.11 Å². The first kappa shape index (κ1) is 15.4. The number of rotatable bonds is 8. The summed E-state index contributed by atoms with van der Waals surface area (Å²) in [6, 6.07) is 0. The highest BCUT2D eigenvalue weighted by molar-refractivity contribution is 7.85. The van der Waals surface area contributed by atoms with E-state index in [0.717, 1.165) is 0 Å². The molecule has 0 aliphatic heterocycles. The Morgan fingerprint density at radius 2 is 2.00 bits per heavy atom. The molecule has 0 bridgehead atoms. The van der Waals surface area contributed by atoms with Crippen LogP contribution in [0.2, 0.25) is 0 Å². The fraction of sp³-hybridized carbons (Fsp3) is 0.900. The fourth-order valence-electron chi connectivity index (χ4n) is 1.62. The number of alkyl halides is 3. The molecule has 18 heavy (non-hydrogen) atoms. The van der Waals surface area contributed by atoms with Gasteiger partial charge in [-0.2, -0.15) is 13.2 Å². The first-order valence-corrected chi connectivity index (χ1v) is 6.93. The van der Waals surface area contributed by atoms with Crippen LogP contribution in [0.15, 0.2) is 0 Å². The van der Waals surface area contributed by atoms with Crippen LogP contribution in [-0.2, 0) is 20.3 Å². The first-order valence-electron chi connectivity index (χ1n) is 5.44. The summed E-state index contributed by atoms with van der Waals surface area (Å²) in [4.78, 5) is 10.6. The number of carboxylic acid groups (broad SMARTS) is 1. The topological polar surface area (TPSA) is 63.6 Å². The van der Waals surface area contributed by atoms with Crippen molar-refractivity contribution in [2.24, 2.45) is 5.41 Å². The predicted molar refractivity (Wildman–Crippen MR) is 58.7 cm³/mol. The molecule has 1 atom stereocenters. The number of hydrogen-bond donors (Lipinski definition) is 1. The lowest BCUT2D eigenvalue weighted by atomic mass is 10.1. The summed E-state index contributed by atoms with van der Waals surface area (Å²) >= 11 is 0. The zero-order valence-corrected chi connectivity index (χ0v) is 10.5. The molecule has 0 radical (unpaired) electrons. The van der Waals surface area contributed by atoms with E-state index in [1.165, 1.54) is 0 Å². The summed E-state index contributed by atoms with van der Waals surface area (Å²) in [5.41, 5.74) is -0.402. The van der Waals surface area contributed by atoms with E-state index >= 15 is 0 Å². The second kappa shape index (κ2) is 6.01. The third-order valence-corrected chi connectivity index (χ3v) is 4.23. The van der Waals surface area contributed by atoms with Gasteiger partial charge in [-0.25, -0.2) is 0 Å². The molecule has 1 rings (SSSR count). The van der Waals surface area contributed by atoms with Crippen molar-refractivity contribution < 1.29 is 32.0 Å². The molecule has 0 aromatic rings. The molecular formula is C10H15F3O4S. The molecule has 0 aromatic carbocycles. The van der Waals surface area contributed by atoms with Crippen molar-refractivity contribution in [3.8, 4) is 0 Å². The molecule has 8 heteroatoms. The van der Waals surface area contributed by atoms with Gasteiger partial charge in [-0.15, -0.1) is 0 Å². The predicted octanol–water partition coefficient (Wildman–Crippen LogP) is 1.57. The number of halogens is 3. The van der Waals surface area contributed by atoms with Gasteiger partial charge in [0.15, 0.2) is 0 Å². The molecule has 1 aliphatic rings. The molecule has 1 unspecified atom stereocenters. The Balaban J connectivity index is 2.16. The Kier molecular flexibility index (Phi) is 5.15. The highest BCUT2D eigenvalue weighted by Crippen LogP contribution is 2.49. The van der Waals surface area contributed by atoms with Gasteiger partial charge in [-0.3, -0.25) is 9.00 Å². The maximum absolute atomic E-state index is 11.7. The molecule has 1 aliphatic carbocycles. The minimum Gasteiger partial charge on any atom is -0.481 e. The van der Waals surface area contributed by atoms with Crippen LogP contribution < -0.4 is 0 Å². The van der Waals surface area contributed by atoms with E-state index in [0.29, 0.717) is 12.8 Å². The van der Waals surface area contributed by atoms with Gasteiger partial charge < -0.3 is 9.84 Å². The van der Waals surface area contributed by atoms with Crippen LogP contribution in [0, 0.1) is 5.41 Å². The van der Waals surface area contributed by atoms with Crippen LogP contribution in [0.4, 0.5) is 13.2 Å². The zero-order chi connectivity index (χ0) is 13.8. The highest BCUT2D eigenvalue weighted by atomic mass is 32.2. The molecule has 1 N–H and O–H groups in total. The molecule has 0 heterocycles. The molecule has 106 valence electrons. The highest BCUT2D eigenvalue weighted by Gasteiger charge is 2.45. The molecule has 4 nitrogen and oxygen atoms in total. The van der Waals surface area contributed by atoms with Crippen LogP contribution in [0.5, 0.6) is 0 Å². The van der Waals surface area contributed by atoms with Crippen molar-refractivity contribution in [2.45, 2.75) is 25.4 Å². The molecule has 1 fully saturated rings. The largest absolute Gasteiger partial charge is 0.481 e. The molecule has 1 saturated carbocycles. The number of ether oxygens (including phenoxy) is 1. The summed E-state index contributed by atoms with van der Waals surface area (Å²) in [6.07, 6.45) is -2.96. The van der Waals surface area contributed by atoms with E-state index in [-0.39, 0.29) is 24.5 Å². The van der Waals surface area contributed by atoms with Gasteiger partial charge in [0.05, 0.1) is 13.0 Å². The van der Waals surface area contributed by atoms with E-state index in [1.807, 2.05) is 0 Å². The Labute approximate surface area is 105 Å². The average molecular weight is 288 g/mol. The van der Waals surface area contributed by atoms with Crippen LogP contribution in [0.3, 0.4) is 0 Å². The van der Waals surface area contributed by atoms with E-state index in [9.17, 15) is 22.2 Å². The van der Waals surface area contributed by atoms with Crippen molar-refractivity contribution in [2.75, 3.05) is 24.7 Å². The van der Waals surface area contributed by atoms with E-state index < -0.39 is 35.0 Å². The quantitative estimate of drug-likeness (QED) is 0.689. The van der Waals surface area contributed by atoms with Gasteiger partial charge in [0.25, 0.3) is 0 Å². The van der Waals surface area contributed by atoms with Gasteiger partial charge in [-0.05, 0) is 18.3 Å². The van der Waals surface area contributed by atoms with Crippen molar-refractivity contribution in [3.63, 3.8) is 0 Å². The van der Waals surface area contributed by atoms with Gasteiger partial charge in [0, 0.05) is 22.3 Å². The van der Waals surface area contributed by atoms with Gasteiger partial charge in [0.2, 0.25) is 0 Å². The third-order valence-electron chi connectivity index (χ3n) is 2.67. The van der Waals surface area contributed by atoms with E-state index in [2.05, 4.69) is 4.74 Å². The molecule has 0 spiro atoms. The summed E-state index contributed by atoms with van der Waals surface area (Å²) in [7, 11) is -1.33. The number of carboxylic acids is 1. The maximum atomic E-state index is 11.7. The Morgan fingerprint density at radius 1 is 1.39 bits per heavy atom. The van der Waals surface area contributed by atoms with Gasteiger partial charge >= 0.3 is 12.1 Å². The normalized spacial score (nSPS) is 19.5. The lowest BCUT2D eigenvalue weighted by molar-refractivity contribution is -0.172. The molecule has 0 aromatic heterocycles. The molecular weight excluding hydrogens is 273 g/mol. The smallest absolute Gasteiger partial charge is 0.411 e. The summed E-state index contributed by atoms with van der Waals surface area (Å²) in [5.74, 6) is -0.690. The fourth-order valence-corrected chi connectivity index (χ4v) is 3.14. The summed E-state index contributed by atoms with van der Waals surface area (Å²) in [6.45, 7) is -1.57. The second-order valence-electron chi connectivity index (χ2n) is 4.53. The minimum absolute atomic E-state index is 0.0114. The first-order chi connectivity index (χ1) is 8.22. The Morgan fingerprint density at radius 3 is 2.44 bits per heavy atom. The number of aliphatic carboxylic acids is 1. The lowest BCUT2D eigenvalue weighted by Crippen LogP contribution is -2.22. The minimum atomic E-state index is -4.37. The summed E-state index contributed by atoms with van der Waals surface area (Å²) < 4.78 is 51.1. The standard InChI is InChI=1S/C10H15F3O4S/c11-10(12,13)6-17-3-4-18(16)7-9(1-2-9)5-8(14)15/h1-7H2,(H,14,15). The van der Waals surface area contributed by atoms with Crippen molar-refractivity contribution in [1.82, 2.24) is 0 Å². The number of hydrogen-bond acceptors (Lipinski definition) is 3. The van der Waals surface area contributed by atoms with Crippen molar-refractivity contribution in [3.05, 3.63) is 0 Å². The van der Waals surface area contributed by atoms with Gasteiger partial charge in [0.1, 0.15) is 6.61 Å². The number of carbonyl (C=O) groups is 1. The second-order valence-corrected chi connectivity index (χ2v) is 6.10. The zero-order valence-electron chi connectivity index (χ0n) is 9.66. The van der Waals surface area contributed by atoms with Crippen molar-refractivity contribution >= 4 is 16.8 Å². The van der Waals surface area contributed by atoms with Crippen LogP contribution in [0.25, 0.3) is 0 Å². The lowest BCUT2D eigenvalue weighted by Gasteiger charge is -2.12. The van der Waals surface area contributed by atoms with Crippen LogP contribution in [0.1, 0.15) is 19.3 Å². The van der Waals surface area contributed by atoms with Crippen LogP contribution in [-0.4, -0.2) is 46.2 Å². The maximum Gasteiger partial charge on any atom is 0.411 e. The third kappa shape index (κ3) is 6.34. The van der Waals surface area contributed by atoms with Crippen LogP contribution >= 0.6 is 0 Å². The van der Waals surface area contributed by atoms with Gasteiger partial charge in [-0.1, -0.05) is 0 Å². The monoisotopic (exact) mass is 288 g/mol. The Hall–Kier alpha value is -0.630. The van der Waals surface area contributed by atoms with E-state index in [1.54, 1.807) is 0 Å². The molecule has 0 saturated heterocycles. The summed E-state index contributed by atoms with van der Waals surface area (Å²) in [5, 5.41) is 8.66. The Bertz CT molecular complexity index is 326. The molecule has 0 amide bonds. The average Bonchev–Trinajstić information content (AvgIpc) is 2.89. The van der Waals surface area contributed by atoms with Crippen molar-refractivity contribution in [1.29, 1.82) is 0 Å².